The molecule has 3 unspecified atom stereocenters. The molecule has 1 saturated heterocycles. The predicted octanol–water partition coefficient (Wildman–Crippen LogP) is 3.35. The zero-order valence-corrected chi connectivity index (χ0v) is 13.6. The first-order valence-electron chi connectivity index (χ1n) is 8.38. The molecule has 3 nitrogen and oxygen atoms in total. The minimum atomic E-state index is 0.384. The van der Waals surface area contributed by atoms with Gasteiger partial charge >= 0.3 is 0 Å². The number of nitrogens with zero attached hydrogens (tertiary/aromatic N) is 1. The molecule has 1 heterocycles. The van der Waals surface area contributed by atoms with Crippen LogP contribution in [-0.2, 0) is 6.54 Å². The lowest BCUT2D eigenvalue weighted by molar-refractivity contribution is 0.201. The fourth-order valence-electron chi connectivity index (χ4n) is 3.89. The van der Waals surface area contributed by atoms with Crippen molar-refractivity contribution in [1.82, 2.24) is 10.2 Å². The number of benzene rings is 1. The monoisotopic (exact) mass is 288 g/mol. The van der Waals surface area contributed by atoms with Crippen molar-refractivity contribution in [3.63, 3.8) is 0 Å². The van der Waals surface area contributed by atoms with Gasteiger partial charge < -0.3 is 10.1 Å². The van der Waals surface area contributed by atoms with Crippen LogP contribution in [0.3, 0.4) is 0 Å². The van der Waals surface area contributed by atoms with Gasteiger partial charge in [0.1, 0.15) is 5.75 Å². The van der Waals surface area contributed by atoms with E-state index in [0.717, 1.165) is 30.9 Å². The van der Waals surface area contributed by atoms with Crippen molar-refractivity contribution in [2.45, 2.75) is 51.7 Å². The Hall–Kier alpha value is -1.06. The summed E-state index contributed by atoms with van der Waals surface area (Å²) in [5, 5.41) is 3.33. The number of piperidine rings is 1. The molecule has 2 fully saturated rings. The molecule has 0 radical (unpaired) electrons. The average molecular weight is 288 g/mol. The van der Waals surface area contributed by atoms with Gasteiger partial charge in [-0.25, -0.2) is 0 Å². The third kappa shape index (κ3) is 3.09. The van der Waals surface area contributed by atoms with Crippen LogP contribution >= 0.6 is 0 Å². The summed E-state index contributed by atoms with van der Waals surface area (Å²) < 4.78 is 5.85. The molecule has 1 aromatic rings. The fourth-order valence-corrected chi connectivity index (χ4v) is 3.89. The van der Waals surface area contributed by atoms with Crippen LogP contribution in [0.4, 0.5) is 0 Å². The maximum Gasteiger partial charge on any atom is 0.123 e. The second kappa shape index (κ2) is 6.37. The largest absolute Gasteiger partial charge is 0.494 e. The second-order valence-corrected chi connectivity index (χ2v) is 6.57. The van der Waals surface area contributed by atoms with Crippen molar-refractivity contribution < 1.29 is 4.74 Å². The van der Waals surface area contributed by atoms with E-state index >= 15 is 0 Å². The quantitative estimate of drug-likeness (QED) is 0.869. The minimum absolute atomic E-state index is 0.384. The molecule has 0 spiro atoms. The molecule has 3 atom stereocenters. The lowest BCUT2D eigenvalue weighted by atomic mass is 10.0. The lowest BCUT2D eigenvalue weighted by Crippen LogP contribution is -2.31. The maximum absolute atomic E-state index is 5.85. The molecule has 1 aliphatic carbocycles. The number of ether oxygens (including phenoxy) is 1. The molecule has 1 aliphatic heterocycles. The van der Waals surface area contributed by atoms with Crippen LogP contribution < -0.4 is 10.1 Å². The number of likely N-dealkylation sites (tertiary alicyclic amines) is 1. The molecule has 2 aliphatic rings. The van der Waals surface area contributed by atoms with E-state index in [1.165, 1.54) is 36.9 Å². The van der Waals surface area contributed by atoms with Crippen LogP contribution in [-0.4, -0.2) is 31.1 Å². The highest BCUT2D eigenvalue weighted by Gasteiger charge is 2.37. The SMILES string of the molecule is CCOc1ccc(C(C)NC)cc1CN1CC2CCC1C2. The smallest absolute Gasteiger partial charge is 0.123 e. The van der Waals surface area contributed by atoms with E-state index in [2.05, 4.69) is 42.3 Å². The van der Waals surface area contributed by atoms with E-state index in [1.807, 2.05) is 7.05 Å². The van der Waals surface area contributed by atoms with Gasteiger partial charge in [0.2, 0.25) is 0 Å². The van der Waals surface area contributed by atoms with Gasteiger partial charge in [-0.3, -0.25) is 4.90 Å². The molecular formula is C18H28N2O. The molecule has 3 rings (SSSR count). The first kappa shape index (κ1) is 14.9. The van der Waals surface area contributed by atoms with Gasteiger partial charge in [-0.05, 0) is 63.8 Å². The molecule has 1 N–H and O–H groups in total. The summed E-state index contributed by atoms with van der Waals surface area (Å²) in [6.45, 7) is 7.33. The zero-order valence-electron chi connectivity index (χ0n) is 13.6. The molecule has 1 saturated carbocycles. The normalized spacial score (nSPS) is 26.2. The highest BCUT2D eigenvalue weighted by molar-refractivity contribution is 5.38. The molecule has 3 heteroatoms. The van der Waals surface area contributed by atoms with Gasteiger partial charge in [-0.2, -0.15) is 0 Å². The van der Waals surface area contributed by atoms with Crippen molar-refractivity contribution in [2.75, 3.05) is 20.2 Å². The summed E-state index contributed by atoms with van der Waals surface area (Å²) in [5.41, 5.74) is 2.70. The summed E-state index contributed by atoms with van der Waals surface area (Å²) in [5.74, 6) is 2.01. The van der Waals surface area contributed by atoms with E-state index < -0.39 is 0 Å². The van der Waals surface area contributed by atoms with Crippen LogP contribution in [0.2, 0.25) is 0 Å². The number of nitrogens with one attached hydrogen (secondary N) is 1. The Morgan fingerprint density at radius 2 is 2.24 bits per heavy atom. The standard InChI is InChI=1S/C18H28N2O/c1-4-21-18-8-6-15(13(2)19-3)10-16(18)12-20-11-14-5-7-17(20)9-14/h6,8,10,13-14,17,19H,4-5,7,9,11-12H2,1-3H3. The molecular weight excluding hydrogens is 260 g/mol. The molecule has 0 aromatic heterocycles. The summed E-state index contributed by atoms with van der Waals surface area (Å²) in [6.07, 6.45) is 4.24. The Morgan fingerprint density at radius 1 is 1.38 bits per heavy atom. The average Bonchev–Trinajstić information content (AvgIpc) is 3.11. The van der Waals surface area contributed by atoms with E-state index in [0.29, 0.717) is 6.04 Å². The molecule has 1 aromatic carbocycles. The van der Waals surface area contributed by atoms with Crippen LogP contribution in [0.5, 0.6) is 5.75 Å². The van der Waals surface area contributed by atoms with Gasteiger partial charge in [0.25, 0.3) is 0 Å². The van der Waals surface area contributed by atoms with Crippen molar-refractivity contribution in [1.29, 1.82) is 0 Å². The van der Waals surface area contributed by atoms with Gasteiger partial charge in [0, 0.05) is 30.7 Å². The lowest BCUT2D eigenvalue weighted by Gasteiger charge is -2.28. The number of rotatable bonds is 6. The third-order valence-corrected chi connectivity index (χ3v) is 5.21. The molecule has 116 valence electrons. The summed E-state index contributed by atoms with van der Waals surface area (Å²) in [4.78, 5) is 2.67. The van der Waals surface area contributed by atoms with E-state index in [1.54, 1.807) is 0 Å². The summed E-state index contributed by atoms with van der Waals surface area (Å²) >= 11 is 0. The van der Waals surface area contributed by atoms with Gasteiger partial charge in [-0.1, -0.05) is 6.07 Å². The van der Waals surface area contributed by atoms with Crippen LogP contribution in [0, 0.1) is 5.92 Å². The van der Waals surface area contributed by atoms with Gasteiger partial charge in [0.15, 0.2) is 0 Å². The van der Waals surface area contributed by atoms with Crippen molar-refractivity contribution in [2.24, 2.45) is 5.92 Å². The predicted molar refractivity (Wildman–Crippen MR) is 86.6 cm³/mol. The molecule has 2 bridgehead atoms. The molecule has 21 heavy (non-hydrogen) atoms. The van der Waals surface area contributed by atoms with E-state index in [-0.39, 0.29) is 0 Å². The first-order valence-corrected chi connectivity index (χ1v) is 8.38. The zero-order chi connectivity index (χ0) is 14.8. The number of fused-ring (bicyclic) bond motifs is 2. The summed E-state index contributed by atoms with van der Waals surface area (Å²) in [7, 11) is 2.01. The topological polar surface area (TPSA) is 24.5 Å². The minimum Gasteiger partial charge on any atom is -0.494 e. The Labute approximate surface area is 128 Å². The van der Waals surface area contributed by atoms with Crippen molar-refractivity contribution in [3.05, 3.63) is 29.3 Å². The van der Waals surface area contributed by atoms with Crippen LogP contribution in [0.1, 0.15) is 50.3 Å². The first-order chi connectivity index (χ1) is 10.2. The molecule has 0 amide bonds. The Morgan fingerprint density at radius 3 is 2.86 bits per heavy atom. The Bertz CT molecular complexity index is 488. The van der Waals surface area contributed by atoms with Crippen molar-refractivity contribution >= 4 is 0 Å². The maximum atomic E-state index is 5.85. The third-order valence-electron chi connectivity index (χ3n) is 5.21. The number of hydrogen-bond acceptors (Lipinski definition) is 3. The highest BCUT2D eigenvalue weighted by Crippen LogP contribution is 2.39. The van der Waals surface area contributed by atoms with Gasteiger partial charge in [-0.15, -0.1) is 0 Å². The van der Waals surface area contributed by atoms with Gasteiger partial charge in [0.05, 0.1) is 6.61 Å². The second-order valence-electron chi connectivity index (χ2n) is 6.57. The fraction of sp³-hybridized carbons (Fsp3) is 0.667. The van der Waals surface area contributed by atoms with Crippen LogP contribution in [0.25, 0.3) is 0 Å². The van der Waals surface area contributed by atoms with Crippen LogP contribution in [0.15, 0.2) is 18.2 Å². The Kier molecular flexibility index (Phi) is 4.51. The Balaban J connectivity index is 1.80. The summed E-state index contributed by atoms with van der Waals surface area (Å²) in [6, 6.07) is 7.87. The van der Waals surface area contributed by atoms with E-state index in [9.17, 15) is 0 Å². The van der Waals surface area contributed by atoms with Crippen molar-refractivity contribution in [3.8, 4) is 5.75 Å². The van der Waals surface area contributed by atoms with E-state index in [4.69, 9.17) is 4.74 Å². The highest BCUT2D eigenvalue weighted by atomic mass is 16.5. The number of hydrogen-bond donors (Lipinski definition) is 1.